The van der Waals surface area contributed by atoms with Gasteiger partial charge in [0.2, 0.25) is 0 Å². The normalized spacial score (nSPS) is 18.9. The lowest BCUT2D eigenvalue weighted by Gasteiger charge is -2.34. The number of hydrogen-bond donors (Lipinski definition) is 33. The van der Waals surface area contributed by atoms with Crippen LogP contribution in [0.5, 0.6) is 0 Å². The molecule has 5 saturated carbocycles. The first-order valence-electron chi connectivity index (χ1n) is 57.7. The van der Waals surface area contributed by atoms with Crippen molar-refractivity contribution >= 4 is 0 Å². The Balaban J connectivity index is -0.000000174. The summed E-state index contributed by atoms with van der Waals surface area (Å²) in [5, 5.41) is 194. The van der Waals surface area contributed by atoms with Crippen molar-refractivity contribution < 1.29 is 95.9 Å². The van der Waals surface area contributed by atoms with Crippen LogP contribution in [0.2, 0.25) is 0 Å². The second-order valence-electron chi connectivity index (χ2n) is 45.9. The standard InChI is InChI=1S/C9H19NO.C8H17NO2.2C8H17NO.C8H19NO.C7H15NO2.C7H15NO.3C7H17NO.3C6H15NO.C5H11NO.3C5H13NO/c1-10-9(7-11)8-5-3-2-4-6-8;1-9-8(6-10)7-2-4-11-5-3-7;1-8(2,10)7(9-3)6-4-5-6;1-9-8(6-10)7-4-2-3-5-7;1-6(2)7(9-5)8(3,4)10;1-8-7(6-9)2-4-10-5-3-7;1-8-7(6-9)4-2-3-5-7;1-7(2,3)6(5-9)8-4;1-6(2)7(8-3)5-9-4;1-6(2)4-7(5-9)8-3;2*1-5(2)6(4-8)7-3;1-4-6(7-3)5(2)8;1-6-5(4-7)2-3-5;1-5(2,7)4-6-3;2*1-3-5(4-7)6-2/h8-11H,2-7H2,1H3;7-10H,2-6H2,1H3;6-7,9-10H,4-5H2,1-3H3;7-10H,2-6H2,1H3;6-7,9-10H,1-5H3;8-9H,2-6H2,1H3;8-9H,2-6H2,1H3;6,8-9H,5H2,1-4H3;6-8H,5H2,1-4H3;6-9H,4-5H2,1-3H3;3*5-8H,4H2,1-3H3;6-7H,2-4H2,1H3;6-7H,4H2,1-3H3;2*5-7H,3-4H2,1-2H3/t9-;8-;7-;8-;7-;;;6-;2*7-;2*6-;5-,6-;;;2*5-/m11010..110100..10/s1. The fourth-order valence-electron chi connectivity index (χ4n) is 17.7. The Hall–Kier alpha value is -1.44. The molecule has 7 fully saturated rings. The van der Waals surface area contributed by atoms with Crippen molar-refractivity contribution in [1.82, 2.24) is 90.4 Å². The molecule has 150 heavy (non-hydrogen) atoms. The van der Waals surface area contributed by atoms with Crippen LogP contribution in [0.1, 0.15) is 320 Å². The third-order valence-corrected chi connectivity index (χ3v) is 29.5. The zero-order valence-electron chi connectivity index (χ0n) is 105. The summed E-state index contributed by atoms with van der Waals surface area (Å²) >= 11 is 0. The van der Waals surface area contributed by atoms with Gasteiger partial charge in [0.05, 0.1) is 109 Å². The highest BCUT2D eigenvalue weighted by Crippen LogP contribution is 2.37. The first-order valence-corrected chi connectivity index (χ1v) is 57.7. The molecule has 920 valence electrons. The summed E-state index contributed by atoms with van der Waals surface area (Å²) in [6, 6.07) is 3.76. The van der Waals surface area contributed by atoms with Gasteiger partial charge in [-0.15, -0.1) is 0 Å². The van der Waals surface area contributed by atoms with Gasteiger partial charge in [-0.1, -0.05) is 156 Å². The monoisotopic (exact) mass is 2180 g/mol. The topological polar surface area (TPSA) is 556 Å². The molecule has 7 aliphatic rings. The number of aliphatic hydroxyl groups is 16. The van der Waals surface area contributed by atoms with Crippen molar-refractivity contribution in [3.8, 4) is 0 Å². The predicted octanol–water partition coefficient (Wildman–Crippen LogP) is 6.49. The van der Waals surface area contributed by atoms with Gasteiger partial charge < -0.3 is 186 Å². The lowest BCUT2D eigenvalue weighted by molar-refractivity contribution is 0.0155. The molecule has 0 amide bonds. The third-order valence-electron chi connectivity index (χ3n) is 29.5. The summed E-state index contributed by atoms with van der Waals surface area (Å²) in [4.78, 5) is 0. The SMILES string of the molecule is CC[C@@H](CO)NC.CC[C@H](CO)NC.CC[C@H](NC)[C@H](C)O.CNC1(CO)CC1.CNC1(CO)CCCC1.CNC1(CO)CCOCC1.CNCC(C)(C)O.CN[C@@H](C(C)C)C(C)(C)O.CN[C@@H](C1CC1)C(C)(C)O.CN[C@@H](CO)C(C)C.CN[C@H](CO)C(C)(C)C.CN[C@H](CO)C(C)C.CN[C@H](CO)C1CCCC1.CN[C@H](CO)C1CCCCC1.CN[C@H](CO)C1CCOCC1.CN[C@H](CO)CC(C)C.CN[C@H](COC)C(C)C. The first-order chi connectivity index (χ1) is 70.4. The summed E-state index contributed by atoms with van der Waals surface area (Å²) in [5.74, 6) is 5.57. The number of methoxy groups -OCH3 is 1. The van der Waals surface area contributed by atoms with Crippen LogP contribution < -0.4 is 90.4 Å². The molecule has 14 atom stereocenters. The van der Waals surface area contributed by atoms with Crippen molar-refractivity contribution in [2.24, 2.45) is 58.7 Å². The zero-order valence-corrected chi connectivity index (χ0v) is 105. The summed E-state index contributed by atoms with van der Waals surface area (Å²) in [6.45, 7) is 54.0. The minimum atomic E-state index is -0.622. The van der Waals surface area contributed by atoms with Gasteiger partial charge in [-0.3, -0.25) is 0 Å². The van der Waals surface area contributed by atoms with Crippen molar-refractivity contribution in [1.29, 1.82) is 0 Å². The molecule has 5 aliphatic carbocycles. The van der Waals surface area contributed by atoms with Gasteiger partial charge in [-0.25, -0.2) is 0 Å². The number of ether oxygens (including phenoxy) is 3. The molecule has 0 spiro atoms. The van der Waals surface area contributed by atoms with Gasteiger partial charge >= 0.3 is 0 Å². The van der Waals surface area contributed by atoms with Gasteiger partial charge in [-0.05, 0) is 343 Å². The van der Waals surface area contributed by atoms with Crippen LogP contribution in [0.25, 0.3) is 0 Å². The fourth-order valence-corrected chi connectivity index (χ4v) is 17.7. The van der Waals surface area contributed by atoms with E-state index in [2.05, 4.69) is 180 Å². The predicted molar refractivity (Wildman–Crippen MR) is 635 cm³/mol. The lowest BCUT2D eigenvalue weighted by atomic mass is 9.84. The van der Waals surface area contributed by atoms with E-state index in [4.69, 9.17) is 85.7 Å². The second-order valence-corrected chi connectivity index (χ2v) is 45.9. The molecule has 33 N–H and O–H groups in total. The average Bonchev–Trinajstić information content (AvgIpc) is 1.69. The number of nitrogens with one attached hydrogen (secondary N) is 17. The summed E-state index contributed by atoms with van der Waals surface area (Å²) < 4.78 is 15.4. The molecule has 7 rings (SSSR count). The number of rotatable bonds is 48. The molecule has 36 heteroatoms. The maximum absolute atomic E-state index is 9.63. The average molecular weight is 2180 g/mol. The lowest BCUT2D eigenvalue weighted by Crippen LogP contribution is -2.50. The van der Waals surface area contributed by atoms with Gasteiger partial charge in [0, 0.05) is 135 Å². The van der Waals surface area contributed by atoms with E-state index in [1.165, 1.54) is 83.5 Å². The third kappa shape index (κ3) is 94.2. The Labute approximate surface area is 923 Å². The van der Waals surface area contributed by atoms with Crippen molar-refractivity contribution in [2.45, 2.75) is 438 Å². The molecule has 0 unspecified atom stereocenters. The van der Waals surface area contributed by atoms with Crippen LogP contribution in [0.4, 0.5) is 0 Å². The van der Waals surface area contributed by atoms with E-state index in [0.717, 1.165) is 122 Å². The van der Waals surface area contributed by atoms with E-state index in [1.54, 1.807) is 27.9 Å². The van der Waals surface area contributed by atoms with E-state index in [-0.39, 0.29) is 129 Å². The van der Waals surface area contributed by atoms with E-state index in [0.29, 0.717) is 105 Å². The Bertz CT molecular complexity index is 2490. The fraction of sp³-hybridized carbons (Fsp3) is 1.00. The van der Waals surface area contributed by atoms with Gasteiger partial charge in [0.1, 0.15) is 0 Å². The molecule has 2 heterocycles. The molecular weight excluding hydrogens is 1910 g/mol. The van der Waals surface area contributed by atoms with Crippen LogP contribution in [0, 0.1) is 58.7 Å². The Morgan fingerprint density at radius 2 is 0.660 bits per heavy atom. The highest BCUT2D eigenvalue weighted by molar-refractivity contribution is 5.00. The number of likely N-dealkylation sites (N-methyl/N-ethyl adjacent to an activating group) is 17. The van der Waals surface area contributed by atoms with E-state index < -0.39 is 16.8 Å². The highest BCUT2D eigenvalue weighted by Gasteiger charge is 2.41. The summed E-state index contributed by atoms with van der Waals surface area (Å²) in [6.07, 6.45) is 29.4. The van der Waals surface area contributed by atoms with E-state index in [1.807, 2.05) is 168 Å². The quantitative estimate of drug-likeness (QED) is 0.0309. The molecule has 0 aromatic heterocycles. The maximum Gasteiger partial charge on any atom is 0.0746 e. The summed E-state index contributed by atoms with van der Waals surface area (Å²) in [5.41, 5.74) is -1.42. The molecule has 0 aromatic carbocycles. The minimum absolute atomic E-state index is 0.0573. The van der Waals surface area contributed by atoms with Crippen LogP contribution in [0.15, 0.2) is 0 Å². The van der Waals surface area contributed by atoms with E-state index in [9.17, 15) is 10.2 Å². The molecule has 0 bridgehead atoms. The van der Waals surface area contributed by atoms with Gasteiger partial charge in [0.15, 0.2) is 0 Å². The van der Waals surface area contributed by atoms with Crippen LogP contribution in [-0.4, -0.2) is 446 Å². The molecule has 36 nitrogen and oxygen atoms in total. The Kier molecular flexibility index (Phi) is 120. The van der Waals surface area contributed by atoms with Gasteiger partial charge in [-0.2, -0.15) is 0 Å². The molecule has 0 radical (unpaired) electrons. The van der Waals surface area contributed by atoms with Crippen LogP contribution in [-0.2, 0) is 14.2 Å². The molecule has 2 aliphatic heterocycles. The van der Waals surface area contributed by atoms with Crippen molar-refractivity contribution in [3.05, 3.63) is 0 Å². The van der Waals surface area contributed by atoms with Crippen molar-refractivity contribution in [3.63, 3.8) is 0 Å². The molecule has 2 saturated heterocycles. The first kappa shape index (κ1) is 168. The number of aliphatic hydroxyl groups excluding tert-OH is 13. The smallest absolute Gasteiger partial charge is 0.0746 e. The maximum atomic E-state index is 9.63. The second kappa shape index (κ2) is 106. The molecule has 0 aromatic rings. The largest absolute Gasteiger partial charge is 0.395 e. The van der Waals surface area contributed by atoms with Crippen LogP contribution in [0.3, 0.4) is 0 Å². The number of hydrogen-bond acceptors (Lipinski definition) is 36. The van der Waals surface area contributed by atoms with Crippen molar-refractivity contribution in [2.75, 3.05) is 246 Å². The zero-order chi connectivity index (χ0) is 118. The van der Waals surface area contributed by atoms with Gasteiger partial charge in [0.25, 0.3) is 0 Å². The Morgan fingerprint density at radius 1 is 0.320 bits per heavy atom. The summed E-state index contributed by atoms with van der Waals surface area (Å²) in [7, 11) is 33.8. The van der Waals surface area contributed by atoms with E-state index >= 15 is 0 Å². The Morgan fingerprint density at radius 3 is 0.780 bits per heavy atom. The molecular formula is C114H265N17O19. The van der Waals surface area contributed by atoms with Crippen LogP contribution >= 0.6 is 0 Å². The minimum Gasteiger partial charge on any atom is -0.395 e. The highest BCUT2D eigenvalue weighted by atomic mass is 16.5.